The molecule has 0 amide bonds. The molecular formula is C53H30F4N6. The molecule has 10 heteroatoms. The number of hydrogen-bond acceptors (Lipinski definition) is 3. The number of benzene rings is 8. The van der Waals surface area contributed by atoms with Gasteiger partial charge in [-0.05, 0) is 121 Å². The second kappa shape index (κ2) is 13.2. The van der Waals surface area contributed by atoms with Crippen molar-refractivity contribution < 1.29 is 17.6 Å². The minimum atomic E-state index is -0.406. The molecule has 6 nitrogen and oxygen atoms in total. The quantitative estimate of drug-likeness (QED) is 0.162. The molecule has 0 N–H and O–H groups in total. The van der Waals surface area contributed by atoms with E-state index in [4.69, 9.17) is 15.0 Å². The van der Waals surface area contributed by atoms with Crippen LogP contribution in [0.5, 0.6) is 0 Å². The van der Waals surface area contributed by atoms with E-state index in [9.17, 15) is 17.6 Å². The van der Waals surface area contributed by atoms with Crippen LogP contribution in [0.25, 0.3) is 106 Å². The molecule has 63 heavy (non-hydrogen) atoms. The van der Waals surface area contributed by atoms with Crippen LogP contribution in [0.4, 0.5) is 17.6 Å². The van der Waals surface area contributed by atoms with Gasteiger partial charge in [0.05, 0.1) is 33.1 Å². The Labute approximate surface area is 355 Å². The third-order valence-electron chi connectivity index (χ3n) is 12.5. The zero-order chi connectivity index (χ0) is 42.1. The summed E-state index contributed by atoms with van der Waals surface area (Å²) >= 11 is 0. The first-order chi connectivity index (χ1) is 30.8. The number of aromatic nitrogens is 6. The summed E-state index contributed by atoms with van der Waals surface area (Å²) in [4.78, 5) is 15.5. The van der Waals surface area contributed by atoms with E-state index in [0.717, 1.165) is 77.5 Å². The van der Waals surface area contributed by atoms with Crippen LogP contribution in [0, 0.1) is 23.3 Å². The number of fused-ring (bicyclic) bond motifs is 6. The number of aryl methyl sites for hydroxylation is 2. The predicted octanol–water partition coefficient (Wildman–Crippen LogP) is 13.2. The van der Waals surface area contributed by atoms with Crippen molar-refractivity contribution >= 4 is 65.4 Å². The Balaban J connectivity index is 1.17. The second-order valence-electron chi connectivity index (χ2n) is 16.2. The summed E-state index contributed by atoms with van der Waals surface area (Å²) in [5.41, 5.74) is 10.1. The van der Waals surface area contributed by atoms with Crippen molar-refractivity contribution in [1.82, 2.24) is 28.7 Å². The Hall–Kier alpha value is -8.11. The first-order valence-corrected chi connectivity index (χ1v) is 20.7. The van der Waals surface area contributed by atoms with Gasteiger partial charge in [-0.3, -0.25) is 4.57 Å². The zero-order valence-electron chi connectivity index (χ0n) is 33.1. The molecule has 0 radical (unpaired) electrons. The maximum atomic E-state index is 14.9. The van der Waals surface area contributed by atoms with E-state index in [1.54, 1.807) is 24.3 Å². The summed E-state index contributed by atoms with van der Waals surface area (Å²) in [5, 5.41) is 4.52. The summed E-state index contributed by atoms with van der Waals surface area (Å²) in [6.07, 6.45) is 1.40. The molecule has 300 valence electrons. The minimum Gasteiger partial charge on any atom is -0.309 e. The van der Waals surface area contributed by atoms with Crippen molar-refractivity contribution in [1.29, 1.82) is 0 Å². The molecule has 0 fully saturated rings. The second-order valence-corrected chi connectivity index (χ2v) is 16.2. The van der Waals surface area contributed by atoms with Crippen LogP contribution in [0.3, 0.4) is 0 Å². The Morgan fingerprint density at radius 2 is 0.714 bits per heavy atom. The molecule has 8 aromatic carbocycles. The molecule has 1 aliphatic carbocycles. The largest absolute Gasteiger partial charge is 0.309 e. The number of nitrogens with zero attached hydrogens (tertiary/aromatic N) is 6. The van der Waals surface area contributed by atoms with Crippen LogP contribution in [-0.2, 0) is 12.8 Å². The highest BCUT2D eigenvalue weighted by Crippen LogP contribution is 2.45. The van der Waals surface area contributed by atoms with Gasteiger partial charge in [-0.1, -0.05) is 60.7 Å². The number of halogens is 4. The lowest BCUT2D eigenvalue weighted by atomic mass is 9.90. The average molecular weight is 827 g/mol. The predicted molar refractivity (Wildman–Crippen MR) is 241 cm³/mol. The molecule has 0 bridgehead atoms. The van der Waals surface area contributed by atoms with E-state index in [1.165, 1.54) is 48.5 Å². The van der Waals surface area contributed by atoms with Crippen molar-refractivity contribution in [2.45, 2.75) is 12.8 Å². The van der Waals surface area contributed by atoms with Crippen molar-refractivity contribution in [2.75, 3.05) is 0 Å². The molecule has 12 aromatic rings. The zero-order valence-corrected chi connectivity index (χ0v) is 33.1. The molecule has 4 heterocycles. The Morgan fingerprint density at radius 3 is 1.08 bits per heavy atom. The van der Waals surface area contributed by atoms with Gasteiger partial charge < -0.3 is 9.13 Å². The Bertz CT molecular complexity index is 3540. The van der Waals surface area contributed by atoms with Crippen molar-refractivity contribution in [2.24, 2.45) is 0 Å². The lowest BCUT2D eigenvalue weighted by Crippen LogP contribution is -2.07. The van der Waals surface area contributed by atoms with Crippen LogP contribution in [0.2, 0.25) is 0 Å². The van der Waals surface area contributed by atoms with Gasteiger partial charge >= 0.3 is 0 Å². The van der Waals surface area contributed by atoms with Gasteiger partial charge in [0.25, 0.3) is 0 Å². The molecule has 4 aromatic heterocycles. The SMILES string of the molecule is Fc1ccc2c(c1)c1cc(F)ccc1n2-c1cc2c3c4c(cc(-n5c6ccc(F)cc6c6cc(F)ccc65)cc4n(-c4nc(-c5ccccc5)nc(-c5ccccc5)n4)c3c1)CC2. The Morgan fingerprint density at radius 1 is 0.349 bits per heavy atom. The monoisotopic (exact) mass is 826 g/mol. The summed E-state index contributed by atoms with van der Waals surface area (Å²) < 4.78 is 65.7. The summed E-state index contributed by atoms with van der Waals surface area (Å²) in [6, 6.07) is 46.7. The van der Waals surface area contributed by atoms with E-state index in [2.05, 4.69) is 38.0 Å². The van der Waals surface area contributed by atoms with Crippen LogP contribution in [0.15, 0.2) is 158 Å². The van der Waals surface area contributed by atoms with Gasteiger partial charge in [0.15, 0.2) is 11.6 Å². The maximum absolute atomic E-state index is 14.9. The highest BCUT2D eigenvalue weighted by Gasteiger charge is 2.27. The molecule has 0 saturated carbocycles. The fourth-order valence-electron chi connectivity index (χ4n) is 9.92. The molecule has 0 atom stereocenters. The first-order valence-electron chi connectivity index (χ1n) is 20.7. The van der Waals surface area contributed by atoms with Gasteiger partial charge in [-0.15, -0.1) is 0 Å². The van der Waals surface area contributed by atoms with Crippen LogP contribution in [0.1, 0.15) is 11.1 Å². The lowest BCUT2D eigenvalue weighted by Gasteiger charge is -2.17. The summed E-state index contributed by atoms with van der Waals surface area (Å²) in [7, 11) is 0. The van der Waals surface area contributed by atoms with E-state index in [-0.39, 0.29) is 0 Å². The molecule has 0 spiro atoms. The van der Waals surface area contributed by atoms with Crippen molar-refractivity contribution in [3.05, 3.63) is 192 Å². The smallest absolute Gasteiger partial charge is 0.238 e. The number of hydrogen-bond donors (Lipinski definition) is 0. The van der Waals surface area contributed by atoms with Crippen LogP contribution >= 0.6 is 0 Å². The van der Waals surface area contributed by atoms with E-state index in [0.29, 0.717) is 52.0 Å². The topological polar surface area (TPSA) is 53.5 Å². The van der Waals surface area contributed by atoms with E-state index in [1.807, 2.05) is 60.7 Å². The van der Waals surface area contributed by atoms with Crippen molar-refractivity contribution in [3.63, 3.8) is 0 Å². The highest BCUT2D eigenvalue weighted by atomic mass is 19.1. The summed E-state index contributed by atoms with van der Waals surface area (Å²) in [5.74, 6) is -0.236. The standard InChI is InChI=1S/C53H30F4N6/c54-33-13-17-43-39(23-33)40-24-34(55)14-18-44(40)61(43)37-21-31-11-12-32-22-38(62-45-19-15-35(56)25-41(45)42-26-36(57)16-20-46(42)62)28-48-50(32)49(31)47(27-37)63(48)53-59-51(29-7-3-1-4-8-29)58-52(60-53)30-9-5-2-6-10-30/h1-10,13-28H,11-12H2. The number of rotatable bonds is 5. The van der Waals surface area contributed by atoms with E-state index >= 15 is 0 Å². The molecular weight excluding hydrogens is 797 g/mol. The lowest BCUT2D eigenvalue weighted by molar-refractivity contribution is 0.628. The summed E-state index contributed by atoms with van der Waals surface area (Å²) in [6.45, 7) is 0. The molecule has 13 rings (SSSR count). The van der Waals surface area contributed by atoms with E-state index < -0.39 is 23.3 Å². The average Bonchev–Trinajstić information content (AvgIpc) is 3.93. The maximum Gasteiger partial charge on any atom is 0.238 e. The molecule has 0 unspecified atom stereocenters. The molecule has 0 aliphatic heterocycles. The van der Waals surface area contributed by atoms with Gasteiger partial charge in [0, 0.05) is 54.8 Å². The van der Waals surface area contributed by atoms with Gasteiger partial charge in [-0.25, -0.2) is 22.5 Å². The van der Waals surface area contributed by atoms with Crippen LogP contribution in [-0.4, -0.2) is 28.7 Å². The fourth-order valence-corrected chi connectivity index (χ4v) is 9.92. The normalized spacial score (nSPS) is 12.6. The third kappa shape index (κ3) is 5.34. The van der Waals surface area contributed by atoms with Gasteiger partial charge in [0.2, 0.25) is 5.95 Å². The van der Waals surface area contributed by atoms with Crippen molar-refractivity contribution in [3.8, 4) is 40.1 Å². The Kier molecular flexibility index (Phi) is 7.46. The molecule has 1 aliphatic rings. The third-order valence-corrected chi connectivity index (χ3v) is 12.5. The fraction of sp³-hybridized carbons (Fsp3) is 0.0377. The first kappa shape index (κ1) is 35.6. The van der Waals surface area contributed by atoms with Gasteiger partial charge in [0.1, 0.15) is 23.3 Å². The van der Waals surface area contributed by atoms with Gasteiger partial charge in [-0.2, -0.15) is 9.97 Å². The minimum absolute atomic E-state index is 0.397. The van der Waals surface area contributed by atoms with Crippen LogP contribution < -0.4 is 0 Å². The molecule has 0 saturated heterocycles. The highest BCUT2D eigenvalue weighted by molar-refractivity contribution is 6.16.